The Bertz CT molecular complexity index is 398. The van der Waals surface area contributed by atoms with Gasteiger partial charge in [-0.3, -0.25) is 0 Å². The summed E-state index contributed by atoms with van der Waals surface area (Å²) in [4.78, 5) is 2.43. The molecule has 2 heteroatoms. The zero-order valence-corrected chi connectivity index (χ0v) is 13.5. The summed E-state index contributed by atoms with van der Waals surface area (Å²) in [6.45, 7) is 13.0. The minimum atomic E-state index is 0.182. The lowest BCUT2D eigenvalue weighted by molar-refractivity contribution is 0.150. The summed E-state index contributed by atoms with van der Waals surface area (Å²) in [6, 6.07) is 4.57. The van der Waals surface area contributed by atoms with Gasteiger partial charge in [0.25, 0.3) is 0 Å². The lowest BCUT2D eigenvalue weighted by Crippen LogP contribution is -2.43. The van der Waals surface area contributed by atoms with Gasteiger partial charge in [0.15, 0.2) is 0 Å². The summed E-state index contributed by atoms with van der Waals surface area (Å²) in [5, 5.41) is 0. The molecule has 2 N–H and O–H groups in total. The first-order chi connectivity index (χ1) is 8.77. The zero-order valence-electron chi connectivity index (χ0n) is 13.5. The first kappa shape index (κ1) is 16.2. The van der Waals surface area contributed by atoms with Crippen LogP contribution in [0, 0.1) is 20.8 Å². The first-order valence-corrected chi connectivity index (χ1v) is 7.26. The van der Waals surface area contributed by atoms with E-state index in [4.69, 9.17) is 5.73 Å². The molecular formula is C17H30N2. The Balaban J connectivity index is 2.72. The van der Waals surface area contributed by atoms with Crippen molar-refractivity contribution in [3.8, 4) is 0 Å². The summed E-state index contributed by atoms with van der Waals surface area (Å²) >= 11 is 0. The van der Waals surface area contributed by atoms with E-state index in [0.717, 1.165) is 25.9 Å². The van der Waals surface area contributed by atoms with Gasteiger partial charge >= 0.3 is 0 Å². The molecule has 2 nitrogen and oxygen atoms in total. The van der Waals surface area contributed by atoms with Crippen molar-refractivity contribution in [2.45, 2.75) is 53.0 Å². The highest BCUT2D eigenvalue weighted by atomic mass is 15.2. The van der Waals surface area contributed by atoms with E-state index in [1.54, 1.807) is 0 Å². The van der Waals surface area contributed by atoms with Crippen LogP contribution in [0.4, 0.5) is 0 Å². The van der Waals surface area contributed by atoms with E-state index in [2.05, 4.69) is 58.7 Å². The van der Waals surface area contributed by atoms with E-state index in [-0.39, 0.29) is 5.54 Å². The molecule has 0 aliphatic rings. The maximum absolute atomic E-state index is 5.70. The highest BCUT2D eigenvalue weighted by molar-refractivity contribution is 5.37. The van der Waals surface area contributed by atoms with Crippen LogP contribution in [0.2, 0.25) is 0 Å². The molecule has 0 amide bonds. The molecular weight excluding hydrogens is 232 g/mol. The van der Waals surface area contributed by atoms with Crippen LogP contribution in [0.15, 0.2) is 12.1 Å². The number of nitrogens with two attached hydrogens (primary N) is 1. The fraction of sp³-hybridized carbons (Fsp3) is 0.647. The second kappa shape index (κ2) is 6.53. The van der Waals surface area contributed by atoms with Crippen LogP contribution in [0.3, 0.4) is 0 Å². The third-order valence-electron chi connectivity index (χ3n) is 4.33. The molecule has 0 radical (unpaired) electrons. The molecule has 0 aromatic heterocycles. The Morgan fingerprint density at radius 2 is 1.63 bits per heavy atom. The molecule has 0 heterocycles. The molecule has 1 aromatic carbocycles. The molecule has 0 saturated carbocycles. The maximum atomic E-state index is 5.70. The molecule has 0 bridgehead atoms. The van der Waals surface area contributed by atoms with E-state index in [0.29, 0.717) is 0 Å². The molecule has 0 spiro atoms. The maximum Gasteiger partial charge on any atom is 0.0162 e. The Labute approximate surface area is 119 Å². The van der Waals surface area contributed by atoms with Crippen LogP contribution >= 0.6 is 0 Å². The molecule has 0 fully saturated rings. The Morgan fingerprint density at radius 3 is 2.11 bits per heavy atom. The normalized spacial score (nSPS) is 12.2. The molecule has 0 aliphatic heterocycles. The van der Waals surface area contributed by atoms with Gasteiger partial charge in [0.2, 0.25) is 0 Å². The molecule has 0 saturated heterocycles. The number of hydrogen-bond acceptors (Lipinski definition) is 2. The molecule has 1 aromatic rings. The SMILES string of the molecule is Cc1cc(C)c(CCN(C)C(C)(C)CCN)c(C)c1. The summed E-state index contributed by atoms with van der Waals surface area (Å²) in [5.41, 5.74) is 11.6. The fourth-order valence-electron chi connectivity index (χ4n) is 2.73. The van der Waals surface area contributed by atoms with Gasteiger partial charge in [0.1, 0.15) is 0 Å². The monoisotopic (exact) mass is 262 g/mol. The van der Waals surface area contributed by atoms with Crippen molar-refractivity contribution >= 4 is 0 Å². The van der Waals surface area contributed by atoms with Crippen LogP contribution < -0.4 is 5.73 Å². The molecule has 0 unspecified atom stereocenters. The number of rotatable bonds is 6. The number of likely N-dealkylation sites (N-methyl/N-ethyl adjacent to an activating group) is 1. The predicted molar refractivity (Wildman–Crippen MR) is 84.7 cm³/mol. The minimum Gasteiger partial charge on any atom is -0.330 e. The largest absolute Gasteiger partial charge is 0.330 e. The highest BCUT2D eigenvalue weighted by Crippen LogP contribution is 2.20. The summed E-state index contributed by atoms with van der Waals surface area (Å²) < 4.78 is 0. The van der Waals surface area contributed by atoms with Gasteiger partial charge in [-0.2, -0.15) is 0 Å². The van der Waals surface area contributed by atoms with E-state index in [9.17, 15) is 0 Å². The Morgan fingerprint density at radius 1 is 1.11 bits per heavy atom. The van der Waals surface area contributed by atoms with Crippen LogP contribution in [0.1, 0.15) is 42.5 Å². The number of nitrogens with zero attached hydrogens (tertiary/aromatic N) is 1. The smallest absolute Gasteiger partial charge is 0.0162 e. The first-order valence-electron chi connectivity index (χ1n) is 7.26. The van der Waals surface area contributed by atoms with Crippen molar-refractivity contribution in [1.29, 1.82) is 0 Å². The summed E-state index contributed by atoms with van der Waals surface area (Å²) in [6.07, 6.45) is 2.15. The van der Waals surface area contributed by atoms with E-state index in [1.807, 2.05) is 0 Å². The quantitative estimate of drug-likeness (QED) is 0.853. The third-order valence-corrected chi connectivity index (χ3v) is 4.33. The van der Waals surface area contributed by atoms with Crippen LogP contribution in [-0.2, 0) is 6.42 Å². The molecule has 0 aliphatic carbocycles. The van der Waals surface area contributed by atoms with Crippen molar-refractivity contribution in [3.63, 3.8) is 0 Å². The second-order valence-corrected chi connectivity index (χ2v) is 6.40. The van der Waals surface area contributed by atoms with Crippen molar-refractivity contribution in [2.75, 3.05) is 20.1 Å². The van der Waals surface area contributed by atoms with Gasteiger partial charge in [-0.1, -0.05) is 17.7 Å². The number of hydrogen-bond donors (Lipinski definition) is 1. The minimum absolute atomic E-state index is 0.182. The van der Waals surface area contributed by atoms with Gasteiger partial charge in [0.05, 0.1) is 0 Å². The van der Waals surface area contributed by atoms with Gasteiger partial charge in [-0.05, 0) is 77.7 Å². The average molecular weight is 262 g/mol. The summed E-state index contributed by atoms with van der Waals surface area (Å²) in [7, 11) is 2.20. The van der Waals surface area contributed by atoms with Crippen LogP contribution in [0.5, 0.6) is 0 Å². The van der Waals surface area contributed by atoms with Crippen molar-refractivity contribution in [3.05, 3.63) is 34.4 Å². The van der Waals surface area contributed by atoms with E-state index < -0.39 is 0 Å². The van der Waals surface area contributed by atoms with E-state index >= 15 is 0 Å². The molecule has 19 heavy (non-hydrogen) atoms. The van der Waals surface area contributed by atoms with Gasteiger partial charge in [-0.25, -0.2) is 0 Å². The molecule has 0 atom stereocenters. The Kier molecular flexibility index (Phi) is 5.57. The van der Waals surface area contributed by atoms with Gasteiger partial charge in [-0.15, -0.1) is 0 Å². The third kappa shape index (κ3) is 4.32. The standard InChI is InChI=1S/C17H30N2/c1-13-11-14(2)16(15(3)12-13)7-10-19(6)17(4,5)8-9-18/h11-12H,7-10,18H2,1-6H3. The van der Waals surface area contributed by atoms with Gasteiger partial charge < -0.3 is 10.6 Å². The van der Waals surface area contributed by atoms with Gasteiger partial charge in [0, 0.05) is 12.1 Å². The van der Waals surface area contributed by atoms with E-state index in [1.165, 1.54) is 22.3 Å². The molecule has 1 rings (SSSR count). The topological polar surface area (TPSA) is 29.3 Å². The lowest BCUT2D eigenvalue weighted by atomic mass is 9.95. The van der Waals surface area contributed by atoms with Crippen LogP contribution in [0.25, 0.3) is 0 Å². The molecule has 108 valence electrons. The van der Waals surface area contributed by atoms with Crippen molar-refractivity contribution < 1.29 is 0 Å². The number of benzene rings is 1. The fourth-order valence-corrected chi connectivity index (χ4v) is 2.73. The zero-order chi connectivity index (χ0) is 14.6. The summed E-state index contributed by atoms with van der Waals surface area (Å²) in [5.74, 6) is 0. The average Bonchev–Trinajstić information content (AvgIpc) is 2.26. The lowest BCUT2D eigenvalue weighted by Gasteiger charge is -2.35. The second-order valence-electron chi connectivity index (χ2n) is 6.40. The Hall–Kier alpha value is -0.860. The highest BCUT2D eigenvalue weighted by Gasteiger charge is 2.22. The number of aryl methyl sites for hydroxylation is 3. The van der Waals surface area contributed by atoms with Crippen molar-refractivity contribution in [2.24, 2.45) is 5.73 Å². The predicted octanol–water partition coefficient (Wildman–Crippen LogP) is 3.21. The van der Waals surface area contributed by atoms with Crippen molar-refractivity contribution in [1.82, 2.24) is 4.90 Å². The van der Waals surface area contributed by atoms with Crippen LogP contribution in [-0.4, -0.2) is 30.6 Å².